The number of nitro benzene ring substituents is 1. The van der Waals surface area contributed by atoms with Gasteiger partial charge in [0, 0.05) is 11.6 Å². The number of rotatable bonds is 6. The first-order valence-electron chi connectivity index (χ1n) is 8.02. The number of aryl methyl sites for hydroxylation is 2. The summed E-state index contributed by atoms with van der Waals surface area (Å²) in [7, 11) is 0. The fourth-order valence-electron chi connectivity index (χ4n) is 2.47. The van der Waals surface area contributed by atoms with Crippen molar-refractivity contribution in [2.45, 2.75) is 26.8 Å². The van der Waals surface area contributed by atoms with Gasteiger partial charge in [-0.2, -0.15) is 0 Å². The van der Waals surface area contributed by atoms with E-state index in [0.717, 1.165) is 23.3 Å². The van der Waals surface area contributed by atoms with E-state index >= 15 is 0 Å². The summed E-state index contributed by atoms with van der Waals surface area (Å²) in [6.07, 6.45) is 0. The van der Waals surface area contributed by atoms with Gasteiger partial charge < -0.3 is 10.6 Å². The molecular formula is C18H20F2N3O3+. The quantitative estimate of drug-likeness (QED) is 0.610. The highest BCUT2D eigenvalue weighted by Crippen LogP contribution is 2.27. The van der Waals surface area contributed by atoms with Crippen molar-refractivity contribution in [2.75, 3.05) is 11.9 Å². The van der Waals surface area contributed by atoms with Crippen molar-refractivity contribution in [2.24, 2.45) is 0 Å². The second-order valence-corrected chi connectivity index (χ2v) is 6.16. The third-order valence-corrected chi connectivity index (χ3v) is 4.21. The van der Waals surface area contributed by atoms with Gasteiger partial charge in [-0.1, -0.05) is 0 Å². The molecular weight excluding hydrogens is 344 g/mol. The van der Waals surface area contributed by atoms with Crippen LogP contribution >= 0.6 is 0 Å². The normalized spacial score (nSPS) is 11.9. The summed E-state index contributed by atoms with van der Waals surface area (Å²) in [5.74, 6) is -2.30. The van der Waals surface area contributed by atoms with Crippen molar-refractivity contribution in [3.8, 4) is 0 Å². The van der Waals surface area contributed by atoms with Crippen LogP contribution in [0.3, 0.4) is 0 Å². The summed E-state index contributed by atoms with van der Waals surface area (Å²) in [6, 6.07) is 6.26. The average Bonchev–Trinajstić information content (AvgIpc) is 2.58. The Morgan fingerprint density at radius 1 is 1.19 bits per heavy atom. The second kappa shape index (κ2) is 8.01. The molecule has 0 heterocycles. The molecule has 0 saturated heterocycles. The molecule has 26 heavy (non-hydrogen) atoms. The van der Waals surface area contributed by atoms with Crippen molar-refractivity contribution in [3.63, 3.8) is 0 Å². The van der Waals surface area contributed by atoms with E-state index in [1.807, 2.05) is 0 Å². The maximum atomic E-state index is 13.3. The number of carbonyl (C=O) groups excluding carboxylic acids is 1. The zero-order chi connectivity index (χ0) is 19.4. The van der Waals surface area contributed by atoms with Gasteiger partial charge in [-0.25, -0.2) is 8.78 Å². The summed E-state index contributed by atoms with van der Waals surface area (Å²) in [5, 5.41) is 15.3. The Kier molecular flexibility index (Phi) is 5.99. The fraction of sp³-hybridized carbons (Fsp3) is 0.278. The smallest absolute Gasteiger partial charge is 0.293 e. The number of benzene rings is 2. The first-order valence-corrected chi connectivity index (χ1v) is 8.02. The van der Waals surface area contributed by atoms with Crippen LogP contribution in [0.1, 0.15) is 29.7 Å². The summed E-state index contributed by atoms with van der Waals surface area (Å²) in [5.41, 5.74) is 2.08. The maximum absolute atomic E-state index is 13.3. The molecule has 2 aromatic rings. The molecule has 0 spiro atoms. The molecule has 8 heteroatoms. The number of hydrogen-bond donors (Lipinski definition) is 2. The predicted octanol–water partition coefficient (Wildman–Crippen LogP) is 2.75. The number of hydrogen-bond acceptors (Lipinski definition) is 3. The highest BCUT2D eigenvalue weighted by Gasteiger charge is 2.19. The van der Waals surface area contributed by atoms with Crippen molar-refractivity contribution in [1.82, 2.24) is 0 Å². The molecule has 2 rings (SSSR count). The molecule has 1 amide bonds. The van der Waals surface area contributed by atoms with Crippen LogP contribution in [-0.4, -0.2) is 17.4 Å². The average molecular weight is 364 g/mol. The zero-order valence-corrected chi connectivity index (χ0v) is 14.7. The summed E-state index contributed by atoms with van der Waals surface area (Å²) in [6.45, 7) is 5.28. The topological polar surface area (TPSA) is 88.8 Å². The minimum Gasteiger partial charge on any atom is -0.333 e. The number of halogens is 2. The molecule has 0 aliphatic rings. The van der Waals surface area contributed by atoms with Crippen LogP contribution in [0.4, 0.5) is 20.2 Å². The van der Waals surface area contributed by atoms with Crippen LogP contribution in [0, 0.1) is 35.6 Å². The van der Waals surface area contributed by atoms with Crippen LogP contribution in [0.15, 0.2) is 30.3 Å². The summed E-state index contributed by atoms with van der Waals surface area (Å²) in [4.78, 5) is 22.8. The SMILES string of the molecule is Cc1cc(NC(=O)C[NH2+][C@H](C)c2ccc(F)c(F)c2)c([N+](=O)[O-])cc1C. The Labute approximate surface area is 149 Å². The van der Waals surface area contributed by atoms with E-state index in [9.17, 15) is 23.7 Å². The van der Waals surface area contributed by atoms with Gasteiger partial charge in [-0.15, -0.1) is 0 Å². The Morgan fingerprint density at radius 3 is 2.46 bits per heavy atom. The van der Waals surface area contributed by atoms with E-state index in [2.05, 4.69) is 5.32 Å². The van der Waals surface area contributed by atoms with Crippen LogP contribution in [0.5, 0.6) is 0 Å². The van der Waals surface area contributed by atoms with Gasteiger partial charge in [-0.3, -0.25) is 14.9 Å². The lowest BCUT2D eigenvalue weighted by Crippen LogP contribution is -2.86. The Bertz CT molecular complexity index is 856. The molecule has 1 atom stereocenters. The zero-order valence-electron chi connectivity index (χ0n) is 14.7. The van der Waals surface area contributed by atoms with Gasteiger partial charge in [-0.05, 0) is 56.2 Å². The third kappa shape index (κ3) is 4.60. The monoisotopic (exact) mass is 364 g/mol. The molecule has 0 aliphatic heterocycles. The Balaban J connectivity index is 2.04. The first-order chi connectivity index (χ1) is 12.2. The molecule has 0 saturated carbocycles. The number of carbonyl (C=O) groups is 1. The molecule has 0 bridgehead atoms. The molecule has 6 nitrogen and oxygen atoms in total. The van der Waals surface area contributed by atoms with Crippen molar-refractivity contribution >= 4 is 17.3 Å². The number of anilines is 1. The lowest BCUT2D eigenvalue weighted by molar-refractivity contribution is -0.682. The lowest BCUT2D eigenvalue weighted by Gasteiger charge is -2.12. The highest BCUT2D eigenvalue weighted by atomic mass is 19.2. The van der Waals surface area contributed by atoms with Gasteiger partial charge in [0.05, 0.1) is 4.92 Å². The number of nitro groups is 1. The second-order valence-electron chi connectivity index (χ2n) is 6.16. The molecule has 0 aromatic heterocycles. The van der Waals surface area contributed by atoms with Gasteiger partial charge >= 0.3 is 0 Å². The van der Waals surface area contributed by atoms with Gasteiger partial charge in [0.15, 0.2) is 18.2 Å². The molecule has 0 radical (unpaired) electrons. The van der Waals surface area contributed by atoms with E-state index in [-0.39, 0.29) is 24.0 Å². The molecule has 2 aromatic carbocycles. The van der Waals surface area contributed by atoms with E-state index in [1.54, 1.807) is 32.2 Å². The standard InChI is InChI=1S/C18H19F2N3O3/c1-10-6-16(17(23(25)26)7-11(10)2)22-18(24)9-21-12(3)13-4-5-14(19)15(20)8-13/h4-8,12,21H,9H2,1-3H3,(H,22,24)/p+1/t12-/m1/s1. The summed E-state index contributed by atoms with van der Waals surface area (Å²) >= 11 is 0. The minimum absolute atomic E-state index is 0.0236. The molecule has 0 fully saturated rings. The number of nitrogens with zero attached hydrogens (tertiary/aromatic N) is 1. The largest absolute Gasteiger partial charge is 0.333 e. The number of amides is 1. The predicted molar refractivity (Wildman–Crippen MR) is 92.8 cm³/mol. The fourth-order valence-corrected chi connectivity index (χ4v) is 2.47. The Morgan fingerprint density at radius 2 is 1.85 bits per heavy atom. The van der Waals surface area contributed by atoms with Crippen LogP contribution < -0.4 is 10.6 Å². The maximum Gasteiger partial charge on any atom is 0.293 e. The number of nitrogens with one attached hydrogen (secondary N) is 1. The minimum atomic E-state index is -0.946. The lowest BCUT2D eigenvalue weighted by atomic mass is 10.1. The van der Waals surface area contributed by atoms with Crippen molar-refractivity contribution in [1.29, 1.82) is 0 Å². The van der Waals surface area contributed by atoms with Crippen LogP contribution in [-0.2, 0) is 4.79 Å². The molecule has 138 valence electrons. The van der Waals surface area contributed by atoms with Gasteiger partial charge in [0.25, 0.3) is 11.6 Å². The highest BCUT2D eigenvalue weighted by molar-refractivity contribution is 5.93. The van der Waals surface area contributed by atoms with Crippen molar-refractivity contribution in [3.05, 3.63) is 68.8 Å². The van der Waals surface area contributed by atoms with Crippen LogP contribution in [0.25, 0.3) is 0 Å². The molecule has 0 aliphatic carbocycles. The van der Waals surface area contributed by atoms with Crippen LogP contribution in [0.2, 0.25) is 0 Å². The van der Waals surface area contributed by atoms with E-state index in [0.29, 0.717) is 5.56 Å². The Hall–Kier alpha value is -2.87. The van der Waals surface area contributed by atoms with E-state index in [4.69, 9.17) is 0 Å². The number of nitrogens with two attached hydrogens (primary N) is 1. The number of quaternary nitrogens is 1. The van der Waals surface area contributed by atoms with Crippen molar-refractivity contribution < 1.29 is 23.8 Å². The molecule has 0 unspecified atom stereocenters. The summed E-state index contributed by atoms with van der Waals surface area (Å²) < 4.78 is 26.3. The van der Waals surface area contributed by atoms with E-state index in [1.165, 1.54) is 12.1 Å². The molecule has 3 N–H and O–H groups in total. The third-order valence-electron chi connectivity index (χ3n) is 4.21. The van der Waals surface area contributed by atoms with Gasteiger partial charge in [0.2, 0.25) is 0 Å². The first kappa shape index (κ1) is 19.5. The van der Waals surface area contributed by atoms with E-state index < -0.39 is 22.5 Å². The van der Waals surface area contributed by atoms with Gasteiger partial charge in [0.1, 0.15) is 11.7 Å².